The maximum atomic E-state index is 12.4. The lowest BCUT2D eigenvalue weighted by atomic mass is 10.0. The molecule has 0 aliphatic carbocycles. The largest absolute Gasteiger partial charge is 0.368 e. The van der Waals surface area contributed by atoms with Gasteiger partial charge in [-0.05, 0) is 39.1 Å². The van der Waals surface area contributed by atoms with E-state index in [1.54, 1.807) is 0 Å². The van der Waals surface area contributed by atoms with Gasteiger partial charge >= 0.3 is 0 Å². The molecule has 0 saturated carbocycles. The maximum absolute atomic E-state index is 12.4. The zero-order chi connectivity index (χ0) is 14.8. The molecule has 0 unspecified atom stereocenters. The summed E-state index contributed by atoms with van der Waals surface area (Å²) in [6.07, 6.45) is 0. The number of nitrogens with one attached hydrogen (secondary N) is 1. The molecule has 110 valence electrons. The number of amides is 1. The summed E-state index contributed by atoms with van der Waals surface area (Å²) in [7, 11) is 1.82. The molecule has 1 N–H and O–H groups in total. The Bertz CT molecular complexity index is 482. The highest BCUT2D eigenvalue weighted by Crippen LogP contribution is 2.21. The standard InChI is InChI=1S/C15H22ClN3O/c1-15(2,17-3)14(20)19-9-7-18(8-10-19)13-6-4-5-12(16)11-13/h4-6,11,17H,7-10H2,1-3H3. The van der Waals surface area contributed by atoms with Crippen molar-refractivity contribution in [2.45, 2.75) is 19.4 Å². The lowest BCUT2D eigenvalue weighted by Crippen LogP contribution is -2.58. The molecule has 0 bridgehead atoms. The molecule has 1 aromatic rings. The Morgan fingerprint density at radius 2 is 1.90 bits per heavy atom. The fourth-order valence-corrected chi connectivity index (χ4v) is 2.53. The van der Waals surface area contributed by atoms with Crippen molar-refractivity contribution in [2.24, 2.45) is 0 Å². The number of likely N-dealkylation sites (N-methyl/N-ethyl adjacent to an activating group) is 1. The normalized spacial score (nSPS) is 16.4. The van der Waals surface area contributed by atoms with Crippen LogP contribution in [0.1, 0.15) is 13.8 Å². The van der Waals surface area contributed by atoms with E-state index in [4.69, 9.17) is 11.6 Å². The first kappa shape index (κ1) is 15.1. The third kappa shape index (κ3) is 3.25. The summed E-state index contributed by atoms with van der Waals surface area (Å²) in [6.45, 7) is 7.00. The molecule has 0 radical (unpaired) electrons. The van der Waals surface area contributed by atoms with E-state index in [1.807, 2.05) is 44.0 Å². The zero-order valence-corrected chi connectivity index (χ0v) is 13.1. The van der Waals surface area contributed by atoms with Crippen LogP contribution in [0.3, 0.4) is 0 Å². The molecule has 1 amide bonds. The average molecular weight is 296 g/mol. The van der Waals surface area contributed by atoms with Gasteiger partial charge < -0.3 is 15.1 Å². The molecule has 1 saturated heterocycles. The molecule has 2 rings (SSSR count). The number of piperazine rings is 1. The average Bonchev–Trinajstić information content (AvgIpc) is 2.46. The first-order chi connectivity index (χ1) is 9.44. The highest BCUT2D eigenvalue weighted by molar-refractivity contribution is 6.30. The van der Waals surface area contributed by atoms with Crippen LogP contribution in [0.15, 0.2) is 24.3 Å². The van der Waals surface area contributed by atoms with Crippen molar-refractivity contribution in [2.75, 3.05) is 38.1 Å². The van der Waals surface area contributed by atoms with Crippen LogP contribution in [-0.2, 0) is 4.79 Å². The predicted molar refractivity (Wildman–Crippen MR) is 83.4 cm³/mol. The molecule has 4 nitrogen and oxygen atoms in total. The van der Waals surface area contributed by atoms with Crippen LogP contribution in [0.25, 0.3) is 0 Å². The summed E-state index contributed by atoms with van der Waals surface area (Å²) in [5.74, 6) is 0.158. The van der Waals surface area contributed by atoms with Crippen LogP contribution in [0.2, 0.25) is 5.02 Å². The van der Waals surface area contributed by atoms with Gasteiger partial charge in [0.2, 0.25) is 5.91 Å². The highest BCUT2D eigenvalue weighted by Gasteiger charge is 2.32. The summed E-state index contributed by atoms with van der Waals surface area (Å²) < 4.78 is 0. The van der Waals surface area contributed by atoms with Crippen LogP contribution in [0, 0.1) is 0 Å². The molecule has 1 fully saturated rings. The highest BCUT2D eigenvalue weighted by atomic mass is 35.5. The van der Waals surface area contributed by atoms with Crippen LogP contribution < -0.4 is 10.2 Å². The van der Waals surface area contributed by atoms with Gasteiger partial charge in [0.15, 0.2) is 0 Å². The Hall–Kier alpha value is -1.26. The van der Waals surface area contributed by atoms with Crippen molar-refractivity contribution in [3.8, 4) is 0 Å². The number of nitrogens with zero attached hydrogens (tertiary/aromatic N) is 2. The van der Waals surface area contributed by atoms with Crippen molar-refractivity contribution in [3.05, 3.63) is 29.3 Å². The number of carbonyl (C=O) groups excluding carboxylic acids is 1. The molecule has 0 atom stereocenters. The van der Waals surface area contributed by atoms with Crippen LogP contribution in [-0.4, -0.2) is 49.6 Å². The fourth-order valence-electron chi connectivity index (χ4n) is 2.34. The second kappa shape index (κ2) is 6.02. The lowest BCUT2D eigenvalue weighted by molar-refractivity contribution is -0.137. The number of anilines is 1. The number of rotatable bonds is 3. The minimum atomic E-state index is -0.502. The molecule has 1 aromatic carbocycles. The minimum absolute atomic E-state index is 0.158. The van der Waals surface area contributed by atoms with Gasteiger partial charge in [0.25, 0.3) is 0 Å². The molecular weight excluding hydrogens is 274 g/mol. The van der Waals surface area contributed by atoms with E-state index < -0.39 is 5.54 Å². The smallest absolute Gasteiger partial charge is 0.242 e. The monoisotopic (exact) mass is 295 g/mol. The molecule has 0 aromatic heterocycles. The second-order valence-corrected chi connectivity index (χ2v) is 6.07. The Morgan fingerprint density at radius 1 is 1.25 bits per heavy atom. The van der Waals surface area contributed by atoms with Gasteiger partial charge in [-0.3, -0.25) is 4.79 Å². The number of hydrogen-bond acceptors (Lipinski definition) is 3. The fraction of sp³-hybridized carbons (Fsp3) is 0.533. The lowest BCUT2D eigenvalue weighted by Gasteiger charge is -2.39. The summed E-state index contributed by atoms with van der Waals surface area (Å²) in [6, 6.07) is 7.86. The minimum Gasteiger partial charge on any atom is -0.368 e. The zero-order valence-electron chi connectivity index (χ0n) is 12.3. The summed E-state index contributed by atoms with van der Waals surface area (Å²) in [5, 5.41) is 3.81. The van der Waals surface area contributed by atoms with E-state index in [2.05, 4.69) is 16.3 Å². The molecular formula is C15H22ClN3O. The Morgan fingerprint density at radius 3 is 2.45 bits per heavy atom. The van der Waals surface area contributed by atoms with E-state index in [0.717, 1.165) is 36.9 Å². The van der Waals surface area contributed by atoms with Crippen LogP contribution in [0.5, 0.6) is 0 Å². The Kier molecular flexibility index (Phi) is 4.55. The molecule has 1 heterocycles. The Labute approximate surface area is 125 Å². The topological polar surface area (TPSA) is 35.6 Å². The number of carbonyl (C=O) groups is 1. The van der Waals surface area contributed by atoms with Gasteiger partial charge in [0.05, 0.1) is 5.54 Å². The van der Waals surface area contributed by atoms with E-state index >= 15 is 0 Å². The van der Waals surface area contributed by atoms with E-state index in [-0.39, 0.29) is 5.91 Å². The predicted octanol–water partition coefficient (Wildman–Crippen LogP) is 1.99. The Balaban J connectivity index is 1.98. The number of halogens is 1. The maximum Gasteiger partial charge on any atom is 0.242 e. The van der Waals surface area contributed by atoms with Gasteiger partial charge in [-0.2, -0.15) is 0 Å². The van der Waals surface area contributed by atoms with Crippen LogP contribution >= 0.6 is 11.6 Å². The van der Waals surface area contributed by atoms with Gasteiger partial charge in [-0.15, -0.1) is 0 Å². The summed E-state index contributed by atoms with van der Waals surface area (Å²) in [4.78, 5) is 16.6. The molecule has 5 heteroatoms. The SMILES string of the molecule is CNC(C)(C)C(=O)N1CCN(c2cccc(Cl)c2)CC1. The van der Waals surface area contributed by atoms with Crippen molar-refractivity contribution < 1.29 is 4.79 Å². The molecule has 0 spiro atoms. The summed E-state index contributed by atoms with van der Waals surface area (Å²) >= 11 is 6.02. The van der Waals surface area contributed by atoms with Crippen molar-refractivity contribution in [1.82, 2.24) is 10.2 Å². The van der Waals surface area contributed by atoms with Gasteiger partial charge in [0.1, 0.15) is 0 Å². The van der Waals surface area contributed by atoms with Gasteiger partial charge in [0, 0.05) is 36.9 Å². The summed E-state index contributed by atoms with van der Waals surface area (Å²) in [5.41, 5.74) is 0.621. The third-order valence-electron chi connectivity index (χ3n) is 3.90. The number of hydrogen-bond donors (Lipinski definition) is 1. The first-order valence-electron chi connectivity index (χ1n) is 6.93. The van der Waals surface area contributed by atoms with Crippen molar-refractivity contribution in [3.63, 3.8) is 0 Å². The second-order valence-electron chi connectivity index (χ2n) is 5.63. The first-order valence-corrected chi connectivity index (χ1v) is 7.30. The molecule has 1 aliphatic rings. The van der Waals surface area contributed by atoms with E-state index in [0.29, 0.717) is 0 Å². The van der Waals surface area contributed by atoms with Crippen LogP contribution in [0.4, 0.5) is 5.69 Å². The third-order valence-corrected chi connectivity index (χ3v) is 4.13. The van der Waals surface area contributed by atoms with E-state index in [9.17, 15) is 4.79 Å². The van der Waals surface area contributed by atoms with Gasteiger partial charge in [-0.25, -0.2) is 0 Å². The van der Waals surface area contributed by atoms with E-state index in [1.165, 1.54) is 0 Å². The molecule has 1 aliphatic heterocycles. The van der Waals surface area contributed by atoms with Crippen molar-refractivity contribution in [1.29, 1.82) is 0 Å². The molecule has 20 heavy (non-hydrogen) atoms. The number of benzene rings is 1. The quantitative estimate of drug-likeness (QED) is 0.926. The van der Waals surface area contributed by atoms with Gasteiger partial charge in [-0.1, -0.05) is 17.7 Å². The van der Waals surface area contributed by atoms with Crippen molar-refractivity contribution >= 4 is 23.2 Å².